The van der Waals surface area contributed by atoms with Gasteiger partial charge in [0.25, 0.3) is 5.91 Å². The number of aromatic nitrogens is 1. The smallest absolute Gasteiger partial charge is 0.251 e. The van der Waals surface area contributed by atoms with Gasteiger partial charge in [0.15, 0.2) is 0 Å². The summed E-state index contributed by atoms with van der Waals surface area (Å²) in [4.78, 5) is 21.7. The summed E-state index contributed by atoms with van der Waals surface area (Å²) in [5, 5.41) is 2.98. The van der Waals surface area contributed by atoms with E-state index in [-0.39, 0.29) is 5.91 Å². The Balaban J connectivity index is 1.32. The van der Waals surface area contributed by atoms with Crippen molar-refractivity contribution < 1.29 is 4.79 Å². The summed E-state index contributed by atoms with van der Waals surface area (Å²) in [5.74, 6) is 0.928. The zero-order valence-corrected chi connectivity index (χ0v) is 16.7. The van der Waals surface area contributed by atoms with Crippen molar-refractivity contribution >= 4 is 11.7 Å². The standard InChI is InChI=1S/C24H26N4O/c1-27-13-15-28(16-14-27)23-12-7-19(17-25-23)18-26-24(29)22-10-8-21(9-11-22)20-5-3-2-4-6-20/h2-12,17H,13-16,18H2,1H3,(H,26,29). The fraction of sp³-hybridized carbons (Fsp3) is 0.250. The van der Waals surface area contributed by atoms with Crippen LogP contribution < -0.4 is 10.2 Å². The van der Waals surface area contributed by atoms with Crippen molar-refractivity contribution in [2.75, 3.05) is 38.1 Å². The first kappa shape index (κ1) is 19.2. The van der Waals surface area contributed by atoms with Crippen LogP contribution in [0, 0.1) is 0 Å². The SMILES string of the molecule is CN1CCN(c2ccc(CNC(=O)c3ccc(-c4ccccc4)cc3)cn2)CC1. The Morgan fingerprint density at radius 3 is 2.24 bits per heavy atom. The minimum absolute atomic E-state index is 0.0762. The van der Waals surface area contributed by atoms with Crippen LogP contribution in [-0.4, -0.2) is 49.0 Å². The number of benzene rings is 2. The lowest BCUT2D eigenvalue weighted by Crippen LogP contribution is -2.44. The van der Waals surface area contributed by atoms with Crippen molar-refractivity contribution in [3.05, 3.63) is 84.1 Å². The molecule has 2 aromatic carbocycles. The number of rotatable bonds is 5. The van der Waals surface area contributed by atoms with E-state index in [0.29, 0.717) is 12.1 Å². The lowest BCUT2D eigenvalue weighted by atomic mass is 10.0. The Labute approximate surface area is 172 Å². The predicted octanol–water partition coefficient (Wildman–Crippen LogP) is 3.43. The van der Waals surface area contributed by atoms with Crippen LogP contribution in [0.15, 0.2) is 72.9 Å². The molecule has 0 saturated carbocycles. The van der Waals surface area contributed by atoms with Gasteiger partial charge in [-0.2, -0.15) is 0 Å². The first-order valence-electron chi connectivity index (χ1n) is 10.0. The molecular formula is C24H26N4O. The van der Waals surface area contributed by atoms with E-state index >= 15 is 0 Å². The third-order valence-corrected chi connectivity index (χ3v) is 5.34. The molecule has 5 heteroatoms. The summed E-state index contributed by atoms with van der Waals surface area (Å²) in [5.41, 5.74) is 3.90. The van der Waals surface area contributed by atoms with Gasteiger partial charge in [0.1, 0.15) is 5.82 Å². The average molecular weight is 386 g/mol. The Morgan fingerprint density at radius 1 is 0.897 bits per heavy atom. The summed E-state index contributed by atoms with van der Waals surface area (Å²) < 4.78 is 0. The average Bonchev–Trinajstić information content (AvgIpc) is 2.79. The number of hydrogen-bond donors (Lipinski definition) is 1. The van der Waals surface area contributed by atoms with E-state index in [4.69, 9.17) is 0 Å². The van der Waals surface area contributed by atoms with Crippen molar-refractivity contribution in [2.45, 2.75) is 6.54 Å². The van der Waals surface area contributed by atoms with Crippen molar-refractivity contribution in [1.29, 1.82) is 0 Å². The fourth-order valence-corrected chi connectivity index (χ4v) is 3.47. The minimum Gasteiger partial charge on any atom is -0.354 e. The van der Waals surface area contributed by atoms with Crippen LogP contribution in [0.25, 0.3) is 11.1 Å². The number of nitrogens with one attached hydrogen (secondary N) is 1. The molecule has 0 atom stereocenters. The second-order valence-corrected chi connectivity index (χ2v) is 7.44. The number of anilines is 1. The van der Waals surface area contributed by atoms with Crippen LogP contribution in [0.2, 0.25) is 0 Å². The number of pyridine rings is 1. The summed E-state index contributed by atoms with van der Waals surface area (Å²) in [6, 6.07) is 21.9. The van der Waals surface area contributed by atoms with Crippen LogP contribution in [0.1, 0.15) is 15.9 Å². The van der Waals surface area contributed by atoms with Gasteiger partial charge in [-0.3, -0.25) is 4.79 Å². The van der Waals surface area contributed by atoms with E-state index in [1.807, 2.05) is 60.8 Å². The highest BCUT2D eigenvalue weighted by Gasteiger charge is 2.15. The second-order valence-electron chi connectivity index (χ2n) is 7.44. The largest absolute Gasteiger partial charge is 0.354 e. The quantitative estimate of drug-likeness (QED) is 0.730. The number of amides is 1. The lowest BCUT2D eigenvalue weighted by Gasteiger charge is -2.33. The molecule has 4 rings (SSSR count). The van der Waals surface area contributed by atoms with E-state index in [2.05, 4.69) is 39.3 Å². The second kappa shape index (κ2) is 8.88. The van der Waals surface area contributed by atoms with Gasteiger partial charge >= 0.3 is 0 Å². The molecule has 1 aromatic heterocycles. The van der Waals surface area contributed by atoms with Crippen molar-refractivity contribution in [3.8, 4) is 11.1 Å². The molecule has 0 bridgehead atoms. The van der Waals surface area contributed by atoms with Gasteiger partial charge in [0.05, 0.1) is 0 Å². The van der Waals surface area contributed by atoms with E-state index < -0.39 is 0 Å². The Morgan fingerprint density at radius 2 is 1.59 bits per heavy atom. The number of nitrogens with zero attached hydrogens (tertiary/aromatic N) is 3. The maximum absolute atomic E-state index is 12.5. The van der Waals surface area contributed by atoms with E-state index in [0.717, 1.165) is 48.7 Å². The highest BCUT2D eigenvalue weighted by Crippen LogP contribution is 2.19. The summed E-state index contributed by atoms with van der Waals surface area (Å²) in [6.45, 7) is 4.58. The van der Waals surface area contributed by atoms with Gasteiger partial charge in [0, 0.05) is 44.5 Å². The highest BCUT2D eigenvalue weighted by atomic mass is 16.1. The Kier molecular flexibility index (Phi) is 5.86. The van der Waals surface area contributed by atoms with E-state index in [9.17, 15) is 4.79 Å². The van der Waals surface area contributed by atoms with Gasteiger partial charge in [-0.05, 0) is 41.9 Å². The lowest BCUT2D eigenvalue weighted by molar-refractivity contribution is 0.0951. The summed E-state index contributed by atoms with van der Waals surface area (Å²) >= 11 is 0. The maximum atomic E-state index is 12.5. The first-order valence-corrected chi connectivity index (χ1v) is 10.0. The number of carbonyl (C=O) groups excluding carboxylic acids is 1. The van der Waals surface area contributed by atoms with Crippen LogP contribution in [-0.2, 0) is 6.54 Å². The predicted molar refractivity (Wildman–Crippen MR) is 117 cm³/mol. The molecule has 0 aliphatic carbocycles. The zero-order valence-electron chi connectivity index (χ0n) is 16.7. The first-order chi connectivity index (χ1) is 14.2. The highest BCUT2D eigenvalue weighted by molar-refractivity contribution is 5.94. The van der Waals surface area contributed by atoms with Crippen LogP contribution >= 0.6 is 0 Å². The molecule has 0 spiro atoms. The van der Waals surface area contributed by atoms with Crippen molar-refractivity contribution in [1.82, 2.24) is 15.2 Å². The monoisotopic (exact) mass is 386 g/mol. The minimum atomic E-state index is -0.0762. The molecule has 1 aliphatic rings. The Bertz CT molecular complexity index is 931. The third-order valence-electron chi connectivity index (χ3n) is 5.34. The Hall–Kier alpha value is -3.18. The van der Waals surface area contributed by atoms with Crippen LogP contribution in [0.3, 0.4) is 0 Å². The number of likely N-dealkylation sites (N-methyl/N-ethyl adjacent to an activating group) is 1. The molecule has 0 radical (unpaired) electrons. The van der Waals surface area contributed by atoms with E-state index in [1.165, 1.54) is 0 Å². The summed E-state index contributed by atoms with van der Waals surface area (Å²) in [7, 11) is 2.14. The fourth-order valence-electron chi connectivity index (χ4n) is 3.47. The molecule has 1 fully saturated rings. The van der Waals surface area contributed by atoms with Crippen LogP contribution in [0.5, 0.6) is 0 Å². The molecular weight excluding hydrogens is 360 g/mol. The number of piperazine rings is 1. The van der Waals surface area contributed by atoms with Gasteiger partial charge < -0.3 is 15.1 Å². The topological polar surface area (TPSA) is 48.5 Å². The number of hydrogen-bond acceptors (Lipinski definition) is 4. The number of carbonyl (C=O) groups is 1. The van der Waals surface area contributed by atoms with Crippen LogP contribution in [0.4, 0.5) is 5.82 Å². The molecule has 1 aliphatic heterocycles. The van der Waals surface area contributed by atoms with Gasteiger partial charge in [-0.1, -0.05) is 48.5 Å². The molecule has 3 aromatic rings. The molecule has 2 heterocycles. The van der Waals surface area contributed by atoms with Gasteiger partial charge in [0.2, 0.25) is 0 Å². The van der Waals surface area contributed by atoms with Crippen molar-refractivity contribution in [3.63, 3.8) is 0 Å². The third kappa shape index (κ3) is 4.81. The normalized spacial score (nSPS) is 14.6. The van der Waals surface area contributed by atoms with Crippen molar-refractivity contribution in [2.24, 2.45) is 0 Å². The molecule has 1 N–H and O–H groups in total. The molecule has 5 nitrogen and oxygen atoms in total. The molecule has 1 saturated heterocycles. The zero-order chi connectivity index (χ0) is 20.1. The molecule has 148 valence electrons. The van der Waals surface area contributed by atoms with E-state index in [1.54, 1.807) is 0 Å². The van der Waals surface area contributed by atoms with Gasteiger partial charge in [-0.15, -0.1) is 0 Å². The summed E-state index contributed by atoms with van der Waals surface area (Å²) in [6.07, 6.45) is 1.85. The molecule has 1 amide bonds. The maximum Gasteiger partial charge on any atom is 0.251 e. The van der Waals surface area contributed by atoms with Gasteiger partial charge in [-0.25, -0.2) is 4.98 Å². The molecule has 0 unspecified atom stereocenters. The molecule has 29 heavy (non-hydrogen) atoms.